The molecule has 25 heavy (non-hydrogen) atoms. The molecule has 1 saturated heterocycles. The molecule has 0 radical (unpaired) electrons. The fraction of sp³-hybridized carbons (Fsp3) is 0.667. The van der Waals surface area contributed by atoms with Crippen LogP contribution in [0.15, 0.2) is 24.3 Å². The van der Waals surface area contributed by atoms with E-state index < -0.39 is 0 Å². The topological polar surface area (TPSA) is 46.1 Å². The minimum atomic E-state index is 0.252. The number of ether oxygens (including phenoxy) is 1. The molecule has 3 rings (SSSR count). The number of benzene rings is 1. The van der Waals surface area contributed by atoms with Crippen LogP contribution in [-0.2, 0) is 11.3 Å². The van der Waals surface area contributed by atoms with Crippen molar-refractivity contribution in [2.45, 2.75) is 51.5 Å². The highest BCUT2D eigenvalue weighted by molar-refractivity contribution is 5.79. The maximum atomic E-state index is 13.2. The monoisotopic (exact) mass is 345 g/mol. The molecule has 4 heteroatoms. The average molecular weight is 346 g/mol. The maximum absolute atomic E-state index is 13.2. The van der Waals surface area contributed by atoms with Gasteiger partial charge in [0.2, 0.25) is 5.91 Å². The van der Waals surface area contributed by atoms with E-state index in [9.17, 15) is 4.79 Å². The van der Waals surface area contributed by atoms with E-state index in [1.807, 2.05) is 12.1 Å². The molecule has 2 fully saturated rings. The molecule has 4 nitrogen and oxygen atoms in total. The van der Waals surface area contributed by atoms with Crippen molar-refractivity contribution in [2.75, 3.05) is 26.7 Å². The third-order valence-electron chi connectivity index (χ3n) is 5.84. The molecule has 2 N–H and O–H groups in total. The van der Waals surface area contributed by atoms with E-state index in [0.29, 0.717) is 11.8 Å². The van der Waals surface area contributed by atoms with E-state index in [1.165, 1.54) is 50.8 Å². The van der Waals surface area contributed by atoms with Gasteiger partial charge in [0.25, 0.3) is 0 Å². The van der Waals surface area contributed by atoms with Crippen molar-refractivity contribution in [2.24, 2.45) is 11.8 Å². The Morgan fingerprint density at radius 3 is 2.40 bits per heavy atom. The van der Waals surface area contributed by atoms with Crippen molar-refractivity contribution < 1.29 is 14.8 Å². The van der Waals surface area contributed by atoms with Gasteiger partial charge in [-0.05, 0) is 36.5 Å². The van der Waals surface area contributed by atoms with Crippen LogP contribution < -0.4 is 10.1 Å². The van der Waals surface area contributed by atoms with Gasteiger partial charge in [-0.1, -0.05) is 31.4 Å². The lowest BCUT2D eigenvalue weighted by molar-refractivity contribution is -0.664. The zero-order chi connectivity index (χ0) is 17.5. The van der Waals surface area contributed by atoms with Gasteiger partial charge in [-0.3, -0.25) is 4.79 Å². The quantitative estimate of drug-likeness (QED) is 0.861. The first kappa shape index (κ1) is 18.2. The van der Waals surface area contributed by atoms with E-state index in [0.717, 1.165) is 31.7 Å². The Kier molecular flexibility index (Phi) is 6.74. The third-order valence-corrected chi connectivity index (χ3v) is 5.84. The number of quaternary nitrogens is 1. The highest BCUT2D eigenvalue weighted by Gasteiger charge is 2.28. The Bertz CT molecular complexity index is 531. The highest BCUT2D eigenvalue weighted by Crippen LogP contribution is 2.27. The van der Waals surface area contributed by atoms with Gasteiger partial charge in [0.15, 0.2) is 0 Å². The number of carbonyl (C=O) groups excluding carboxylic acids is 1. The molecule has 2 aliphatic rings. The molecule has 1 aromatic carbocycles. The van der Waals surface area contributed by atoms with Crippen molar-refractivity contribution in [3.05, 3.63) is 29.8 Å². The molecule has 1 saturated carbocycles. The van der Waals surface area contributed by atoms with Crippen LogP contribution in [0.4, 0.5) is 0 Å². The summed E-state index contributed by atoms with van der Waals surface area (Å²) >= 11 is 0. The van der Waals surface area contributed by atoms with Gasteiger partial charge >= 0.3 is 0 Å². The molecule has 0 aromatic heterocycles. The lowest BCUT2D eigenvalue weighted by Gasteiger charge is -2.33. The molecule has 1 aromatic rings. The molecule has 1 aliphatic carbocycles. The number of hydrogen-bond donors (Lipinski definition) is 1. The summed E-state index contributed by atoms with van der Waals surface area (Å²) in [6, 6.07) is 8.17. The molecule has 1 aliphatic heterocycles. The molecule has 0 bridgehead atoms. The number of carbonyl (C=O) groups is 1. The molecular weight excluding hydrogens is 312 g/mol. The predicted molar refractivity (Wildman–Crippen MR) is 99.4 cm³/mol. The van der Waals surface area contributed by atoms with Gasteiger partial charge in [-0.25, -0.2) is 0 Å². The molecule has 0 atom stereocenters. The highest BCUT2D eigenvalue weighted by atomic mass is 16.5. The van der Waals surface area contributed by atoms with Gasteiger partial charge in [0, 0.05) is 31.8 Å². The second kappa shape index (κ2) is 9.23. The first-order valence-corrected chi connectivity index (χ1v) is 9.99. The number of hydrogen-bond acceptors (Lipinski definition) is 2. The van der Waals surface area contributed by atoms with Crippen LogP contribution in [0, 0.1) is 11.8 Å². The van der Waals surface area contributed by atoms with Crippen LogP contribution in [0.25, 0.3) is 0 Å². The number of rotatable bonds is 6. The van der Waals surface area contributed by atoms with Crippen molar-refractivity contribution >= 4 is 5.91 Å². The van der Waals surface area contributed by atoms with Crippen LogP contribution in [-0.4, -0.2) is 37.6 Å². The number of piperidine rings is 1. The van der Waals surface area contributed by atoms with E-state index in [-0.39, 0.29) is 5.92 Å². The normalized spacial score (nSPS) is 19.6. The molecule has 0 spiro atoms. The van der Waals surface area contributed by atoms with Crippen molar-refractivity contribution in [3.8, 4) is 5.75 Å². The van der Waals surface area contributed by atoms with Crippen molar-refractivity contribution in [1.29, 1.82) is 0 Å². The number of nitrogens with zero attached hydrogens (tertiary/aromatic N) is 1. The van der Waals surface area contributed by atoms with Crippen LogP contribution in [0.2, 0.25) is 0 Å². The molecule has 138 valence electrons. The Balaban J connectivity index is 1.68. The minimum Gasteiger partial charge on any atom is -0.497 e. The maximum Gasteiger partial charge on any atom is 0.225 e. The smallest absolute Gasteiger partial charge is 0.225 e. The fourth-order valence-corrected chi connectivity index (χ4v) is 4.28. The fourth-order valence-electron chi connectivity index (χ4n) is 4.28. The Hall–Kier alpha value is -1.55. The zero-order valence-corrected chi connectivity index (χ0v) is 15.6. The van der Waals surface area contributed by atoms with Gasteiger partial charge < -0.3 is 15.0 Å². The standard InChI is InChI=1S/C21H32N2O2/c1-25-20-9-7-17(8-10-20)15-23(16-18-11-13-22-14-12-18)21(24)19-5-3-2-4-6-19/h7-10,18-19,22H,2-6,11-16H2,1H3/p+1. The number of amides is 1. The van der Waals surface area contributed by atoms with Gasteiger partial charge in [-0.15, -0.1) is 0 Å². The Morgan fingerprint density at radius 2 is 1.76 bits per heavy atom. The van der Waals surface area contributed by atoms with E-state index >= 15 is 0 Å². The zero-order valence-electron chi connectivity index (χ0n) is 15.6. The van der Waals surface area contributed by atoms with Gasteiger partial charge in [-0.2, -0.15) is 0 Å². The molecule has 0 unspecified atom stereocenters. The average Bonchev–Trinajstić information content (AvgIpc) is 2.69. The lowest BCUT2D eigenvalue weighted by Crippen LogP contribution is -2.86. The predicted octanol–water partition coefficient (Wildman–Crippen LogP) is 2.58. The van der Waals surface area contributed by atoms with E-state index in [1.54, 1.807) is 7.11 Å². The number of methoxy groups -OCH3 is 1. The minimum absolute atomic E-state index is 0.252. The molecule has 1 amide bonds. The van der Waals surface area contributed by atoms with Crippen molar-refractivity contribution in [3.63, 3.8) is 0 Å². The van der Waals surface area contributed by atoms with Crippen LogP contribution >= 0.6 is 0 Å². The third kappa shape index (κ3) is 5.21. The largest absolute Gasteiger partial charge is 0.497 e. The SMILES string of the molecule is COc1ccc(CN(CC2CC[NH2+]CC2)C(=O)C2CCCCC2)cc1. The molecule has 1 heterocycles. The summed E-state index contributed by atoms with van der Waals surface area (Å²) < 4.78 is 5.25. The first-order chi connectivity index (χ1) is 12.3. The second-order valence-electron chi connectivity index (χ2n) is 7.71. The lowest BCUT2D eigenvalue weighted by atomic mass is 9.87. The van der Waals surface area contributed by atoms with Gasteiger partial charge in [0.1, 0.15) is 5.75 Å². The van der Waals surface area contributed by atoms with E-state index in [4.69, 9.17) is 4.74 Å². The summed E-state index contributed by atoms with van der Waals surface area (Å²) in [6.07, 6.45) is 8.35. The van der Waals surface area contributed by atoms with E-state index in [2.05, 4.69) is 22.3 Å². The molecular formula is C21H33N2O2+. The summed E-state index contributed by atoms with van der Waals surface area (Å²) in [5, 5.41) is 2.40. The Morgan fingerprint density at radius 1 is 1.08 bits per heavy atom. The summed E-state index contributed by atoms with van der Waals surface area (Å²) in [5.41, 5.74) is 1.20. The summed E-state index contributed by atoms with van der Waals surface area (Å²) in [7, 11) is 1.69. The second-order valence-corrected chi connectivity index (χ2v) is 7.71. The summed E-state index contributed by atoms with van der Waals surface area (Å²) in [4.78, 5) is 15.4. The van der Waals surface area contributed by atoms with Gasteiger partial charge in [0.05, 0.1) is 20.2 Å². The first-order valence-electron chi connectivity index (χ1n) is 9.99. The van der Waals surface area contributed by atoms with Crippen LogP contribution in [0.3, 0.4) is 0 Å². The summed E-state index contributed by atoms with van der Waals surface area (Å²) in [6.45, 7) is 4.08. The van der Waals surface area contributed by atoms with Crippen LogP contribution in [0.1, 0.15) is 50.5 Å². The summed E-state index contributed by atoms with van der Waals surface area (Å²) in [5.74, 6) is 2.18. The Labute approximate surface area is 151 Å². The van der Waals surface area contributed by atoms with Crippen LogP contribution in [0.5, 0.6) is 5.75 Å². The number of nitrogens with two attached hydrogens (primary N) is 1. The van der Waals surface area contributed by atoms with Crippen molar-refractivity contribution in [1.82, 2.24) is 4.90 Å².